The maximum absolute atomic E-state index is 14.0. The zero-order chi connectivity index (χ0) is 38.0. The van der Waals surface area contributed by atoms with Crippen molar-refractivity contribution in [3.63, 3.8) is 0 Å². The molecule has 0 saturated carbocycles. The van der Waals surface area contributed by atoms with Gasteiger partial charge in [-0.1, -0.05) is 34.6 Å². The Hall–Kier alpha value is -1.30. The number of carbonyl (C=O) groups excluding carboxylic acids is 2. The number of aliphatic hydroxyl groups excluding tert-OH is 4. The van der Waals surface area contributed by atoms with E-state index in [2.05, 4.69) is 0 Å². The van der Waals surface area contributed by atoms with Gasteiger partial charge in [0.15, 0.2) is 12.6 Å². The Morgan fingerprint density at radius 3 is 2.00 bits per heavy atom. The van der Waals surface area contributed by atoms with Gasteiger partial charge in [-0.25, -0.2) is 0 Å². The third kappa shape index (κ3) is 9.43. The number of carbonyl (C=O) groups is 2. The highest BCUT2D eigenvalue weighted by atomic mass is 16.7. The van der Waals surface area contributed by atoms with Crippen molar-refractivity contribution in [1.29, 1.82) is 0 Å². The van der Waals surface area contributed by atoms with E-state index in [1.807, 2.05) is 6.92 Å². The van der Waals surface area contributed by atoms with E-state index >= 15 is 0 Å². The Balaban J connectivity index is 2.15. The molecular formula is C36H65NO13. The molecule has 14 nitrogen and oxygen atoms in total. The summed E-state index contributed by atoms with van der Waals surface area (Å²) in [5, 5.41) is 56.5. The number of aliphatic hydroxyl groups is 5. The fourth-order valence-electron chi connectivity index (χ4n) is 8.17. The highest BCUT2D eigenvalue weighted by Crippen LogP contribution is 2.39. The highest BCUT2D eigenvalue weighted by molar-refractivity contribution is 5.83. The van der Waals surface area contributed by atoms with Crippen LogP contribution in [0.4, 0.5) is 0 Å². The second-order valence-corrected chi connectivity index (χ2v) is 15.6. The average molecular weight is 720 g/mol. The summed E-state index contributed by atoms with van der Waals surface area (Å²) in [5.41, 5.74) is -1.78. The highest BCUT2D eigenvalue weighted by Gasteiger charge is 2.52. The van der Waals surface area contributed by atoms with Crippen LogP contribution in [0.5, 0.6) is 0 Å². The van der Waals surface area contributed by atoms with E-state index in [9.17, 15) is 35.1 Å². The molecule has 0 bridgehead atoms. The first-order chi connectivity index (χ1) is 23.2. The van der Waals surface area contributed by atoms with Crippen LogP contribution in [0.2, 0.25) is 0 Å². The van der Waals surface area contributed by atoms with Crippen molar-refractivity contribution in [3.8, 4) is 0 Å². The van der Waals surface area contributed by atoms with Crippen LogP contribution in [-0.4, -0.2) is 149 Å². The third-order valence-electron chi connectivity index (χ3n) is 11.4. The molecule has 3 aliphatic rings. The smallest absolute Gasteiger partial charge is 0.311 e. The summed E-state index contributed by atoms with van der Waals surface area (Å²) in [7, 11) is 4.91. The Kier molecular flexibility index (Phi) is 15.2. The quantitative estimate of drug-likeness (QED) is 0.236. The number of hydrogen-bond donors (Lipinski definition) is 5. The van der Waals surface area contributed by atoms with Crippen LogP contribution in [0.25, 0.3) is 0 Å². The Morgan fingerprint density at radius 2 is 1.44 bits per heavy atom. The monoisotopic (exact) mass is 719 g/mol. The maximum Gasteiger partial charge on any atom is 0.311 e. The number of cyclic esters (lactones) is 1. The number of likely N-dealkylation sites (N-methyl/N-ethyl adjacent to an activating group) is 1. The van der Waals surface area contributed by atoms with Crippen LogP contribution in [0.3, 0.4) is 0 Å². The molecule has 292 valence electrons. The number of rotatable bonds is 7. The zero-order valence-electron chi connectivity index (χ0n) is 32.0. The Bertz CT molecular complexity index is 1110. The number of ether oxygens (including phenoxy) is 6. The van der Waals surface area contributed by atoms with E-state index in [0.29, 0.717) is 6.42 Å². The van der Waals surface area contributed by atoms with E-state index in [0.717, 1.165) is 0 Å². The second-order valence-electron chi connectivity index (χ2n) is 15.6. The second kappa shape index (κ2) is 17.7. The molecule has 3 rings (SSSR count). The number of ketones is 1. The van der Waals surface area contributed by atoms with Crippen LogP contribution >= 0.6 is 0 Å². The molecule has 19 atom stereocenters. The molecule has 3 heterocycles. The van der Waals surface area contributed by atoms with Crippen molar-refractivity contribution in [2.45, 2.75) is 167 Å². The van der Waals surface area contributed by atoms with Crippen molar-refractivity contribution in [3.05, 3.63) is 0 Å². The van der Waals surface area contributed by atoms with E-state index < -0.39 is 121 Å². The van der Waals surface area contributed by atoms with Gasteiger partial charge in [0.2, 0.25) is 0 Å². The number of esters is 1. The van der Waals surface area contributed by atoms with Gasteiger partial charge >= 0.3 is 5.97 Å². The molecule has 50 heavy (non-hydrogen) atoms. The maximum atomic E-state index is 14.0. The van der Waals surface area contributed by atoms with Gasteiger partial charge in [-0.15, -0.1) is 0 Å². The summed E-state index contributed by atoms with van der Waals surface area (Å²) in [4.78, 5) is 29.4. The summed E-state index contributed by atoms with van der Waals surface area (Å²) in [6.07, 6.45) is -11.2. The molecule has 14 heteroatoms. The Morgan fingerprint density at radius 1 is 0.840 bits per heavy atom. The predicted octanol–water partition coefficient (Wildman–Crippen LogP) is 1.25. The summed E-state index contributed by atoms with van der Waals surface area (Å²) >= 11 is 0. The number of nitrogens with zero attached hydrogens (tertiary/aromatic N) is 1. The lowest BCUT2D eigenvalue weighted by atomic mass is 9.74. The lowest BCUT2D eigenvalue weighted by Crippen LogP contribution is -2.64. The largest absolute Gasteiger partial charge is 0.462 e. The van der Waals surface area contributed by atoms with E-state index in [-0.39, 0.29) is 18.6 Å². The van der Waals surface area contributed by atoms with Crippen molar-refractivity contribution in [2.24, 2.45) is 29.6 Å². The normalized spacial score (nSPS) is 49.0. The summed E-state index contributed by atoms with van der Waals surface area (Å²) in [6.45, 7) is 15.2. The van der Waals surface area contributed by atoms with Gasteiger partial charge in [0.05, 0.1) is 60.3 Å². The first-order valence-corrected chi connectivity index (χ1v) is 18.2. The zero-order valence-corrected chi connectivity index (χ0v) is 32.0. The first-order valence-electron chi connectivity index (χ1n) is 18.2. The molecule has 3 aliphatic heterocycles. The number of hydrogen-bond acceptors (Lipinski definition) is 14. The molecule has 0 aromatic carbocycles. The lowest BCUT2D eigenvalue weighted by molar-refractivity contribution is -0.323. The minimum atomic E-state index is -1.78. The summed E-state index contributed by atoms with van der Waals surface area (Å²) < 4.78 is 36.7. The van der Waals surface area contributed by atoms with Gasteiger partial charge < -0.3 is 58.9 Å². The lowest BCUT2D eigenvalue weighted by Gasteiger charge is -2.49. The first kappa shape index (κ1) is 43.1. The fourth-order valence-corrected chi connectivity index (χ4v) is 8.17. The fraction of sp³-hybridized carbons (Fsp3) is 0.944. The molecule has 0 radical (unpaired) electrons. The van der Waals surface area contributed by atoms with Crippen LogP contribution in [0.15, 0.2) is 0 Å². The molecule has 3 fully saturated rings. The van der Waals surface area contributed by atoms with Crippen molar-refractivity contribution >= 4 is 11.8 Å². The van der Waals surface area contributed by atoms with E-state index in [1.54, 1.807) is 67.5 Å². The SMILES string of the molecule is CCC1OC(=O)[C@H](C)C(O[C@H]2C[C@@H](OC)[C@@H](O)[C@H](C)O2)[C@H](C)[C@@H](O[C@H]2O[C@H](C)[C@@H](O)[C@H](N(C)C)[C@H]2O)[C@](C)(O)C[C@@H](C)C(=O)[C@H](C)[C@@H](O)[C@H]1C. The average Bonchev–Trinajstić information content (AvgIpc) is 3.05. The number of Topliss-reactive ketones (excluding diaryl/α,β-unsaturated/α-hetero) is 1. The van der Waals surface area contributed by atoms with Gasteiger partial charge in [0.25, 0.3) is 0 Å². The molecule has 0 spiro atoms. The Labute approximate surface area is 297 Å². The molecule has 2 unspecified atom stereocenters. The molecule has 0 amide bonds. The van der Waals surface area contributed by atoms with E-state index in [4.69, 9.17) is 28.4 Å². The summed E-state index contributed by atoms with van der Waals surface area (Å²) in [5.74, 6) is -4.83. The molecule has 0 aromatic heterocycles. The van der Waals surface area contributed by atoms with Gasteiger partial charge in [0.1, 0.15) is 24.1 Å². The standard InChI is InChI=1S/C36H65NO13/c1-13-23-17(3)28(39)18(4)27(38)16(2)15-36(9,44)33(50-35-31(42)26(37(10)11)30(41)22(8)47-35)19(5)32(20(6)34(43)48-23)49-25-14-24(45-12)29(40)21(7)46-25/h16-26,28-33,35,39-42,44H,13-15H2,1-12H3/t16-,17+,18+,19+,20-,21+,22-,23?,24-,25+,26+,28+,29+,30-,31-,32?,33-,35-,36-/m1/s1. The van der Waals surface area contributed by atoms with Crippen molar-refractivity contribution in [1.82, 2.24) is 4.90 Å². The predicted molar refractivity (Wildman–Crippen MR) is 182 cm³/mol. The van der Waals surface area contributed by atoms with Crippen molar-refractivity contribution in [2.75, 3.05) is 21.2 Å². The van der Waals surface area contributed by atoms with Gasteiger partial charge in [-0.2, -0.15) is 0 Å². The topological polar surface area (TPSA) is 194 Å². The third-order valence-corrected chi connectivity index (χ3v) is 11.4. The molecule has 0 aliphatic carbocycles. The van der Waals surface area contributed by atoms with Gasteiger partial charge in [-0.05, 0) is 54.6 Å². The van der Waals surface area contributed by atoms with Crippen LogP contribution in [0, 0.1) is 29.6 Å². The number of methoxy groups -OCH3 is 1. The minimum Gasteiger partial charge on any atom is -0.462 e. The molecular weight excluding hydrogens is 654 g/mol. The van der Waals surface area contributed by atoms with Crippen LogP contribution in [0.1, 0.15) is 81.6 Å². The summed E-state index contributed by atoms with van der Waals surface area (Å²) in [6, 6.07) is -0.770. The van der Waals surface area contributed by atoms with E-state index in [1.165, 1.54) is 14.0 Å². The minimum absolute atomic E-state index is 0.0952. The molecule has 3 saturated heterocycles. The molecule has 5 N–H and O–H groups in total. The van der Waals surface area contributed by atoms with Crippen LogP contribution < -0.4 is 0 Å². The van der Waals surface area contributed by atoms with Crippen LogP contribution in [-0.2, 0) is 38.0 Å². The van der Waals surface area contributed by atoms with Gasteiger partial charge in [-0.3, -0.25) is 9.59 Å². The molecule has 0 aromatic rings. The van der Waals surface area contributed by atoms with Gasteiger partial charge in [0, 0.05) is 37.2 Å². The van der Waals surface area contributed by atoms with Crippen molar-refractivity contribution < 1.29 is 63.5 Å².